The van der Waals surface area contributed by atoms with Crippen LogP contribution >= 0.6 is 0 Å². The van der Waals surface area contributed by atoms with Crippen LogP contribution in [0.3, 0.4) is 0 Å². The molecule has 0 bridgehead atoms. The number of anilines is 1. The summed E-state index contributed by atoms with van der Waals surface area (Å²) in [6.07, 6.45) is 1.02. The molecule has 8 nitrogen and oxygen atoms in total. The van der Waals surface area contributed by atoms with Crippen LogP contribution in [0.4, 0.5) is 11.4 Å². The molecule has 1 atom stereocenters. The lowest BCUT2D eigenvalue weighted by molar-refractivity contribution is -0.384. The van der Waals surface area contributed by atoms with Crippen LogP contribution in [0.25, 0.3) is 0 Å². The topological polar surface area (TPSA) is 114 Å². The quantitative estimate of drug-likeness (QED) is 0.415. The summed E-state index contributed by atoms with van der Waals surface area (Å²) in [5.41, 5.74) is 2.08. The predicted molar refractivity (Wildman–Crippen MR) is 78.8 cm³/mol. The van der Waals surface area contributed by atoms with Gasteiger partial charge < -0.3 is 15.6 Å². The van der Waals surface area contributed by atoms with Gasteiger partial charge in [0.15, 0.2) is 0 Å². The van der Waals surface area contributed by atoms with Crippen molar-refractivity contribution in [2.24, 2.45) is 11.8 Å². The normalized spacial score (nSPS) is 18.5. The van der Waals surface area contributed by atoms with E-state index in [0.717, 1.165) is 19.5 Å². The van der Waals surface area contributed by atoms with Gasteiger partial charge in [0.1, 0.15) is 11.3 Å². The number of hydrogen-bond donors (Lipinski definition) is 3. The van der Waals surface area contributed by atoms with Crippen molar-refractivity contribution in [2.45, 2.75) is 6.42 Å². The van der Waals surface area contributed by atoms with Crippen LogP contribution in [0.2, 0.25) is 0 Å². The number of nitrogens with one attached hydrogen (secondary N) is 2. The summed E-state index contributed by atoms with van der Waals surface area (Å²) in [4.78, 5) is 24.9. The van der Waals surface area contributed by atoms with Crippen LogP contribution in [0, 0.1) is 16.0 Å². The van der Waals surface area contributed by atoms with Crippen molar-refractivity contribution in [3.63, 3.8) is 0 Å². The minimum atomic E-state index is -0.604. The predicted octanol–water partition coefficient (Wildman–Crippen LogP) is 0.562. The van der Waals surface area contributed by atoms with Crippen molar-refractivity contribution in [2.75, 3.05) is 32.1 Å². The van der Waals surface area contributed by atoms with E-state index in [-0.39, 0.29) is 16.9 Å². The van der Waals surface area contributed by atoms with Crippen molar-refractivity contribution >= 4 is 17.3 Å². The van der Waals surface area contributed by atoms with Gasteiger partial charge in [-0.2, -0.15) is 0 Å². The number of rotatable bonds is 5. The van der Waals surface area contributed by atoms with E-state index in [9.17, 15) is 14.9 Å². The molecule has 1 heterocycles. The number of nitrogens with two attached hydrogens (primary N) is 1. The SMILES string of the molecule is CN1CCC(CNC(=O)c2cccc(NN)c2[N+](=O)[O-])C1. The van der Waals surface area contributed by atoms with Gasteiger partial charge in [-0.15, -0.1) is 0 Å². The van der Waals surface area contributed by atoms with E-state index < -0.39 is 10.8 Å². The summed E-state index contributed by atoms with van der Waals surface area (Å²) in [6, 6.07) is 4.44. The van der Waals surface area contributed by atoms with Gasteiger partial charge in [0.25, 0.3) is 5.91 Å². The third-order valence-corrected chi connectivity index (χ3v) is 3.66. The average Bonchev–Trinajstić information content (AvgIpc) is 2.89. The third kappa shape index (κ3) is 3.47. The molecular formula is C13H19N5O3. The second kappa shape index (κ2) is 6.51. The number of carbonyl (C=O) groups is 1. The van der Waals surface area contributed by atoms with Gasteiger partial charge in [-0.3, -0.25) is 20.8 Å². The Hall–Kier alpha value is -2.19. The first-order valence-electron chi connectivity index (χ1n) is 6.73. The fraction of sp³-hybridized carbons (Fsp3) is 0.462. The standard InChI is InChI=1S/C13H19N5O3/c1-17-6-5-9(8-17)7-15-13(19)10-3-2-4-11(16-14)12(10)18(20)21/h2-4,9,16H,5-8,14H2,1H3,(H,15,19). The van der Waals surface area contributed by atoms with Gasteiger partial charge in [0.05, 0.1) is 4.92 Å². The number of carbonyl (C=O) groups excluding carboxylic acids is 1. The molecule has 0 aliphatic carbocycles. The highest BCUT2D eigenvalue weighted by Crippen LogP contribution is 2.27. The maximum atomic E-state index is 12.2. The highest BCUT2D eigenvalue weighted by Gasteiger charge is 2.25. The second-order valence-electron chi connectivity index (χ2n) is 5.23. The highest BCUT2D eigenvalue weighted by molar-refractivity contribution is 6.00. The first-order valence-corrected chi connectivity index (χ1v) is 6.73. The van der Waals surface area contributed by atoms with Crippen molar-refractivity contribution in [3.05, 3.63) is 33.9 Å². The Bertz CT molecular complexity index is 549. The Kier molecular flexibility index (Phi) is 4.71. The Labute approximate surface area is 122 Å². The van der Waals surface area contributed by atoms with Crippen LogP contribution in [0.15, 0.2) is 18.2 Å². The second-order valence-corrected chi connectivity index (χ2v) is 5.23. The first kappa shape index (κ1) is 15.2. The third-order valence-electron chi connectivity index (χ3n) is 3.66. The minimum absolute atomic E-state index is 0.0156. The van der Waals surface area contributed by atoms with Gasteiger partial charge in [-0.05, 0) is 38.1 Å². The average molecular weight is 293 g/mol. The van der Waals surface area contributed by atoms with Gasteiger partial charge in [-0.25, -0.2) is 0 Å². The zero-order valence-corrected chi connectivity index (χ0v) is 11.8. The van der Waals surface area contributed by atoms with E-state index in [0.29, 0.717) is 12.5 Å². The molecule has 1 aromatic rings. The lowest BCUT2D eigenvalue weighted by atomic mass is 10.1. The molecule has 4 N–H and O–H groups in total. The largest absolute Gasteiger partial charge is 0.351 e. The van der Waals surface area contributed by atoms with Crippen molar-refractivity contribution in [3.8, 4) is 0 Å². The molecule has 0 saturated carbocycles. The summed E-state index contributed by atoms with van der Waals surface area (Å²) >= 11 is 0. The van der Waals surface area contributed by atoms with E-state index in [1.165, 1.54) is 12.1 Å². The summed E-state index contributed by atoms with van der Waals surface area (Å²) in [5, 5.41) is 13.9. The lowest BCUT2D eigenvalue weighted by Crippen LogP contribution is -2.31. The zero-order valence-electron chi connectivity index (χ0n) is 11.8. The number of para-hydroxylation sites is 1. The molecule has 0 radical (unpaired) electrons. The van der Waals surface area contributed by atoms with Gasteiger partial charge >= 0.3 is 5.69 Å². The van der Waals surface area contributed by atoms with E-state index >= 15 is 0 Å². The number of nitrogen functional groups attached to an aromatic ring is 1. The van der Waals surface area contributed by atoms with E-state index in [1.54, 1.807) is 6.07 Å². The monoisotopic (exact) mass is 293 g/mol. The molecule has 0 spiro atoms. The van der Waals surface area contributed by atoms with Gasteiger partial charge in [0.2, 0.25) is 0 Å². The zero-order chi connectivity index (χ0) is 15.4. The summed E-state index contributed by atoms with van der Waals surface area (Å²) in [6.45, 7) is 2.45. The molecule has 0 aromatic heterocycles. The lowest BCUT2D eigenvalue weighted by Gasteiger charge is -2.12. The maximum Gasteiger partial charge on any atom is 0.306 e. The highest BCUT2D eigenvalue weighted by atomic mass is 16.6. The molecule has 1 saturated heterocycles. The number of nitrogens with zero attached hydrogens (tertiary/aromatic N) is 2. The number of amides is 1. The van der Waals surface area contributed by atoms with Crippen molar-refractivity contribution < 1.29 is 9.72 Å². The molecule has 21 heavy (non-hydrogen) atoms. The summed E-state index contributed by atoms with van der Waals surface area (Å²) < 4.78 is 0. The van der Waals surface area contributed by atoms with Gasteiger partial charge in [0, 0.05) is 13.1 Å². The van der Waals surface area contributed by atoms with Crippen LogP contribution < -0.4 is 16.6 Å². The number of benzene rings is 1. The molecule has 1 unspecified atom stereocenters. The fourth-order valence-electron chi connectivity index (χ4n) is 2.57. The van der Waals surface area contributed by atoms with E-state index in [1.807, 2.05) is 7.05 Å². The number of nitro benzene ring substituents is 1. The smallest absolute Gasteiger partial charge is 0.306 e. The molecule has 1 amide bonds. The fourth-order valence-corrected chi connectivity index (χ4v) is 2.57. The van der Waals surface area contributed by atoms with Crippen LogP contribution in [-0.4, -0.2) is 42.4 Å². The molecule has 1 fully saturated rings. The molecular weight excluding hydrogens is 274 g/mol. The molecule has 1 aromatic carbocycles. The Balaban J connectivity index is 2.10. The Morgan fingerprint density at radius 2 is 2.33 bits per heavy atom. The van der Waals surface area contributed by atoms with E-state index in [4.69, 9.17) is 5.84 Å². The minimum Gasteiger partial charge on any atom is -0.351 e. The van der Waals surface area contributed by atoms with Crippen LogP contribution in [0.5, 0.6) is 0 Å². The summed E-state index contributed by atoms with van der Waals surface area (Å²) in [5.74, 6) is 5.19. The number of likely N-dealkylation sites (tertiary alicyclic amines) is 1. The first-order chi connectivity index (χ1) is 10.0. The molecule has 1 aliphatic rings. The van der Waals surface area contributed by atoms with Crippen LogP contribution in [-0.2, 0) is 0 Å². The maximum absolute atomic E-state index is 12.2. The summed E-state index contributed by atoms with van der Waals surface area (Å²) in [7, 11) is 2.03. The van der Waals surface area contributed by atoms with Crippen molar-refractivity contribution in [1.29, 1.82) is 0 Å². The van der Waals surface area contributed by atoms with Gasteiger partial charge in [-0.1, -0.05) is 6.07 Å². The molecule has 114 valence electrons. The molecule has 8 heteroatoms. The molecule has 2 rings (SSSR count). The van der Waals surface area contributed by atoms with Crippen LogP contribution in [0.1, 0.15) is 16.8 Å². The number of hydrazine groups is 1. The van der Waals surface area contributed by atoms with Crippen molar-refractivity contribution in [1.82, 2.24) is 10.2 Å². The number of nitro groups is 1. The van der Waals surface area contributed by atoms with E-state index in [2.05, 4.69) is 15.6 Å². The number of hydrogen-bond acceptors (Lipinski definition) is 6. The Morgan fingerprint density at radius 1 is 1.57 bits per heavy atom. The molecule has 1 aliphatic heterocycles. The Morgan fingerprint density at radius 3 is 2.90 bits per heavy atom.